The molecule has 0 aliphatic carbocycles. The van der Waals surface area contributed by atoms with Crippen LogP contribution in [0.5, 0.6) is 0 Å². The standard InChI is InChI=1S/C13H18ClF/c1-3-5-13(14)10(2)8-11-6-4-7-12(15)9-11/h4,6-7,9-10,13H,3,5,8H2,1-2H3. The van der Waals surface area contributed by atoms with Gasteiger partial charge in [-0.25, -0.2) is 4.39 Å². The van der Waals surface area contributed by atoms with Crippen LogP contribution in [0, 0.1) is 11.7 Å². The lowest BCUT2D eigenvalue weighted by Crippen LogP contribution is -2.13. The topological polar surface area (TPSA) is 0 Å². The summed E-state index contributed by atoms with van der Waals surface area (Å²) in [6.45, 7) is 4.25. The second-order valence-electron chi connectivity index (χ2n) is 4.12. The van der Waals surface area contributed by atoms with E-state index < -0.39 is 0 Å². The van der Waals surface area contributed by atoms with Gasteiger partial charge in [-0.3, -0.25) is 0 Å². The molecule has 2 atom stereocenters. The average Bonchev–Trinajstić information content (AvgIpc) is 2.18. The second-order valence-corrected chi connectivity index (χ2v) is 4.68. The molecule has 0 N–H and O–H groups in total. The van der Waals surface area contributed by atoms with Crippen LogP contribution in [0.1, 0.15) is 32.3 Å². The van der Waals surface area contributed by atoms with Crippen molar-refractivity contribution in [3.8, 4) is 0 Å². The molecule has 0 radical (unpaired) electrons. The molecule has 0 heterocycles. The first kappa shape index (κ1) is 12.5. The van der Waals surface area contributed by atoms with Crippen LogP contribution in [0.15, 0.2) is 24.3 Å². The highest BCUT2D eigenvalue weighted by molar-refractivity contribution is 6.20. The summed E-state index contributed by atoms with van der Waals surface area (Å²) in [5.41, 5.74) is 1.03. The Kier molecular flexibility index (Phi) is 5.10. The number of hydrogen-bond donors (Lipinski definition) is 0. The van der Waals surface area contributed by atoms with Gasteiger partial charge in [0.25, 0.3) is 0 Å². The maximum atomic E-state index is 12.9. The van der Waals surface area contributed by atoms with Gasteiger partial charge in [-0.2, -0.15) is 0 Å². The first-order chi connectivity index (χ1) is 7.13. The lowest BCUT2D eigenvalue weighted by molar-refractivity contribution is 0.510. The summed E-state index contributed by atoms with van der Waals surface area (Å²) in [7, 11) is 0. The monoisotopic (exact) mass is 228 g/mol. The van der Waals surface area contributed by atoms with Crippen LogP contribution in [0.25, 0.3) is 0 Å². The molecule has 15 heavy (non-hydrogen) atoms. The molecule has 0 bridgehead atoms. The molecule has 0 saturated heterocycles. The van der Waals surface area contributed by atoms with Crippen LogP contribution in [0.2, 0.25) is 0 Å². The molecular weight excluding hydrogens is 211 g/mol. The molecule has 0 amide bonds. The third kappa shape index (κ3) is 4.21. The van der Waals surface area contributed by atoms with Gasteiger partial charge in [-0.05, 0) is 36.5 Å². The van der Waals surface area contributed by atoms with Crippen molar-refractivity contribution in [2.24, 2.45) is 5.92 Å². The third-order valence-electron chi connectivity index (χ3n) is 2.63. The van der Waals surface area contributed by atoms with Gasteiger partial charge in [0.1, 0.15) is 5.82 Å². The van der Waals surface area contributed by atoms with Crippen molar-refractivity contribution in [1.29, 1.82) is 0 Å². The van der Waals surface area contributed by atoms with E-state index in [9.17, 15) is 4.39 Å². The highest BCUT2D eigenvalue weighted by Crippen LogP contribution is 2.20. The molecule has 0 aliphatic rings. The molecule has 1 aromatic rings. The molecule has 0 spiro atoms. The fourth-order valence-electron chi connectivity index (χ4n) is 1.72. The summed E-state index contributed by atoms with van der Waals surface area (Å²) in [5.74, 6) is 0.231. The summed E-state index contributed by atoms with van der Waals surface area (Å²) in [6.07, 6.45) is 2.98. The Morgan fingerprint density at radius 2 is 2.13 bits per heavy atom. The van der Waals surface area contributed by atoms with E-state index >= 15 is 0 Å². The minimum atomic E-state index is -0.165. The van der Waals surface area contributed by atoms with Crippen molar-refractivity contribution in [3.63, 3.8) is 0 Å². The summed E-state index contributed by atoms with van der Waals surface area (Å²) in [5, 5.41) is 0.193. The lowest BCUT2D eigenvalue weighted by atomic mass is 9.95. The minimum absolute atomic E-state index is 0.165. The van der Waals surface area contributed by atoms with Crippen molar-refractivity contribution < 1.29 is 4.39 Å². The Hall–Kier alpha value is -0.560. The van der Waals surface area contributed by atoms with Gasteiger partial charge in [0.2, 0.25) is 0 Å². The molecule has 2 unspecified atom stereocenters. The number of benzene rings is 1. The van der Waals surface area contributed by atoms with Crippen molar-refractivity contribution in [3.05, 3.63) is 35.6 Å². The fourth-order valence-corrected chi connectivity index (χ4v) is 2.03. The normalized spacial score (nSPS) is 14.9. The molecule has 0 aromatic heterocycles. The predicted octanol–water partition coefficient (Wildman–Crippen LogP) is 4.41. The smallest absolute Gasteiger partial charge is 0.123 e. The van der Waals surface area contributed by atoms with E-state index in [-0.39, 0.29) is 11.2 Å². The maximum absolute atomic E-state index is 12.9. The van der Waals surface area contributed by atoms with Crippen LogP contribution >= 0.6 is 11.6 Å². The number of halogens is 2. The van der Waals surface area contributed by atoms with E-state index in [0.717, 1.165) is 24.8 Å². The summed E-state index contributed by atoms with van der Waals surface area (Å²) in [6, 6.07) is 6.76. The zero-order chi connectivity index (χ0) is 11.3. The Morgan fingerprint density at radius 3 is 2.73 bits per heavy atom. The van der Waals surface area contributed by atoms with Gasteiger partial charge >= 0.3 is 0 Å². The van der Waals surface area contributed by atoms with Gasteiger partial charge in [0, 0.05) is 5.38 Å². The van der Waals surface area contributed by atoms with Gasteiger partial charge in [-0.1, -0.05) is 32.4 Å². The van der Waals surface area contributed by atoms with E-state index in [2.05, 4.69) is 13.8 Å². The molecule has 0 aliphatic heterocycles. The predicted molar refractivity (Wildman–Crippen MR) is 63.8 cm³/mol. The molecule has 1 rings (SSSR count). The molecule has 0 fully saturated rings. The Balaban J connectivity index is 2.54. The first-order valence-corrected chi connectivity index (χ1v) is 5.95. The van der Waals surface area contributed by atoms with Crippen LogP contribution < -0.4 is 0 Å². The minimum Gasteiger partial charge on any atom is -0.207 e. The van der Waals surface area contributed by atoms with Crippen LogP contribution in [0.3, 0.4) is 0 Å². The average molecular weight is 229 g/mol. The largest absolute Gasteiger partial charge is 0.207 e. The van der Waals surface area contributed by atoms with Crippen molar-refractivity contribution >= 4 is 11.6 Å². The molecule has 0 saturated carbocycles. The molecule has 2 heteroatoms. The number of alkyl halides is 1. The highest BCUT2D eigenvalue weighted by atomic mass is 35.5. The Morgan fingerprint density at radius 1 is 1.40 bits per heavy atom. The van der Waals surface area contributed by atoms with Crippen LogP contribution in [0.4, 0.5) is 4.39 Å². The van der Waals surface area contributed by atoms with Gasteiger partial charge in [0.05, 0.1) is 0 Å². The SMILES string of the molecule is CCCC(Cl)C(C)Cc1cccc(F)c1. The molecule has 1 aromatic carbocycles. The molecular formula is C13H18ClF. The zero-order valence-electron chi connectivity index (χ0n) is 9.34. The summed E-state index contributed by atoms with van der Waals surface area (Å²) in [4.78, 5) is 0. The van der Waals surface area contributed by atoms with E-state index in [0.29, 0.717) is 5.92 Å². The number of rotatable bonds is 5. The van der Waals surface area contributed by atoms with Crippen LogP contribution in [-0.2, 0) is 6.42 Å². The van der Waals surface area contributed by atoms with Gasteiger partial charge in [0.15, 0.2) is 0 Å². The zero-order valence-corrected chi connectivity index (χ0v) is 10.1. The quantitative estimate of drug-likeness (QED) is 0.655. The van der Waals surface area contributed by atoms with E-state index in [1.807, 2.05) is 6.07 Å². The third-order valence-corrected chi connectivity index (χ3v) is 3.28. The molecule has 0 nitrogen and oxygen atoms in total. The van der Waals surface area contributed by atoms with Crippen LogP contribution in [-0.4, -0.2) is 5.38 Å². The lowest BCUT2D eigenvalue weighted by Gasteiger charge is -2.17. The van der Waals surface area contributed by atoms with Gasteiger partial charge < -0.3 is 0 Å². The van der Waals surface area contributed by atoms with E-state index in [4.69, 9.17) is 11.6 Å². The maximum Gasteiger partial charge on any atom is 0.123 e. The fraction of sp³-hybridized carbons (Fsp3) is 0.538. The summed E-state index contributed by atoms with van der Waals surface area (Å²) >= 11 is 6.23. The highest BCUT2D eigenvalue weighted by Gasteiger charge is 2.13. The van der Waals surface area contributed by atoms with Crippen molar-refractivity contribution in [1.82, 2.24) is 0 Å². The van der Waals surface area contributed by atoms with E-state index in [1.165, 1.54) is 6.07 Å². The second kappa shape index (κ2) is 6.12. The summed E-state index contributed by atoms with van der Waals surface area (Å²) < 4.78 is 12.9. The van der Waals surface area contributed by atoms with Crippen molar-refractivity contribution in [2.45, 2.75) is 38.5 Å². The number of hydrogen-bond acceptors (Lipinski definition) is 0. The Bertz CT molecular complexity index is 298. The molecule has 84 valence electrons. The first-order valence-electron chi connectivity index (χ1n) is 5.52. The van der Waals surface area contributed by atoms with Crippen molar-refractivity contribution in [2.75, 3.05) is 0 Å². The Labute approximate surface area is 96.5 Å². The van der Waals surface area contributed by atoms with E-state index in [1.54, 1.807) is 12.1 Å². The van der Waals surface area contributed by atoms with Gasteiger partial charge in [-0.15, -0.1) is 11.6 Å².